The molecule has 0 spiro atoms. The summed E-state index contributed by atoms with van der Waals surface area (Å²) < 4.78 is 0. The van der Waals surface area contributed by atoms with Crippen LogP contribution in [0.3, 0.4) is 0 Å². The van der Waals surface area contributed by atoms with E-state index in [0.29, 0.717) is 13.0 Å². The maximum absolute atomic E-state index is 11.8. The van der Waals surface area contributed by atoms with E-state index in [0.717, 1.165) is 25.7 Å². The first kappa shape index (κ1) is 14.0. The van der Waals surface area contributed by atoms with Crippen LogP contribution in [0, 0.1) is 0 Å². The molecule has 1 fully saturated rings. The largest absolute Gasteiger partial charge is 0.388 e. The molecule has 1 amide bonds. The Kier molecular flexibility index (Phi) is 4.56. The molecular formula is C15H22N2O2. The number of aliphatic hydroxyl groups is 1. The van der Waals surface area contributed by atoms with Gasteiger partial charge in [0.05, 0.1) is 11.6 Å². The Balaban J connectivity index is 1.70. The molecule has 1 unspecified atom stereocenters. The molecule has 1 aliphatic carbocycles. The van der Waals surface area contributed by atoms with Crippen LogP contribution in [0.5, 0.6) is 0 Å². The lowest BCUT2D eigenvalue weighted by molar-refractivity contribution is -0.124. The van der Waals surface area contributed by atoms with Crippen molar-refractivity contribution in [2.24, 2.45) is 5.73 Å². The van der Waals surface area contributed by atoms with Crippen LogP contribution in [-0.4, -0.2) is 29.2 Å². The molecule has 0 bridgehead atoms. The molecule has 0 radical (unpaired) electrons. The Morgan fingerprint density at radius 3 is 2.63 bits per heavy atom. The Labute approximate surface area is 114 Å². The summed E-state index contributed by atoms with van der Waals surface area (Å²) in [5.74, 6) is -0.170. The van der Waals surface area contributed by atoms with Gasteiger partial charge in [0, 0.05) is 6.54 Å². The zero-order valence-corrected chi connectivity index (χ0v) is 11.1. The highest BCUT2D eigenvalue weighted by Crippen LogP contribution is 2.30. The Morgan fingerprint density at radius 2 is 2.05 bits per heavy atom. The van der Waals surface area contributed by atoms with Gasteiger partial charge in [0.1, 0.15) is 0 Å². The average Bonchev–Trinajstić information content (AvgIpc) is 2.41. The van der Waals surface area contributed by atoms with Crippen LogP contribution in [0.25, 0.3) is 0 Å². The van der Waals surface area contributed by atoms with Crippen LogP contribution in [0.1, 0.15) is 31.2 Å². The van der Waals surface area contributed by atoms with E-state index in [9.17, 15) is 9.90 Å². The summed E-state index contributed by atoms with van der Waals surface area (Å²) in [6, 6.07) is 9.47. The number of carbonyl (C=O) groups is 1. The Bertz CT molecular complexity index is 415. The molecule has 2 rings (SSSR count). The molecule has 0 saturated heterocycles. The van der Waals surface area contributed by atoms with Crippen molar-refractivity contribution in [3.05, 3.63) is 35.9 Å². The van der Waals surface area contributed by atoms with Gasteiger partial charge in [0.2, 0.25) is 5.91 Å². The van der Waals surface area contributed by atoms with Gasteiger partial charge in [-0.2, -0.15) is 0 Å². The number of aryl methyl sites for hydroxylation is 1. The summed E-state index contributed by atoms with van der Waals surface area (Å²) in [5.41, 5.74) is 6.36. The summed E-state index contributed by atoms with van der Waals surface area (Å²) in [6.07, 6.45) is 3.99. The van der Waals surface area contributed by atoms with Gasteiger partial charge >= 0.3 is 0 Å². The van der Waals surface area contributed by atoms with Crippen molar-refractivity contribution >= 4 is 5.91 Å². The van der Waals surface area contributed by atoms with Gasteiger partial charge in [-0.3, -0.25) is 4.79 Å². The SMILES string of the molecule is NC(CCc1ccccc1)C(=O)NCC1(O)CCC1. The van der Waals surface area contributed by atoms with Gasteiger partial charge in [-0.25, -0.2) is 0 Å². The number of nitrogens with two attached hydrogens (primary N) is 1. The lowest BCUT2D eigenvalue weighted by atomic mass is 9.80. The fourth-order valence-electron chi connectivity index (χ4n) is 2.24. The molecule has 4 heteroatoms. The third kappa shape index (κ3) is 4.04. The molecule has 4 N–H and O–H groups in total. The van der Waals surface area contributed by atoms with Crippen molar-refractivity contribution in [2.45, 2.75) is 43.7 Å². The summed E-state index contributed by atoms with van der Waals surface area (Å²) in [6.45, 7) is 0.324. The third-order valence-electron chi connectivity index (χ3n) is 3.80. The minimum atomic E-state index is -0.686. The number of hydrogen-bond acceptors (Lipinski definition) is 3. The van der Waals surface area contributed by atoms with Crippen LogP contribution in [-0.2, 0) is 11.2 Å². The number of benzene rings is 1. The van der Waals surface area contributed by atoms with Crippen molar-refractivity contribution in [3.63, 3.8) is 0 Å². The smallest absolute Gasteiger partial charge is 0.237 e. The molecule has 0 aliphatic heterocycles. The van der Waals surface area contributed by atoms with E-state index in [1.807, 2.05) is 30.3 Å². The van der Waals surface area contributed by atoms with Crippen LogP contribution < -0.4 is 11.1 Å². The highest BCUT2D eigenvalue weighted by molar-refractivity contribution is 5.81. The van der Waals surface area contributed by atoms with Crippen molar-refractivity contribution in [1.29, 1.82) is 0 Å². The van der Waals surface area contributed by atoms with Gasteiger partial charge in [0.25, 0.3) is 0 Å². The summed E-state index contributed by atoms with van der Waals surface area (Å²) in [4.78, 5) is 11.8. The predicted octanol–water partition coefficient (Wildman–Crippen LogP) is 0.978. The molecule has 19 heavy (non-hydrogen) atoms. The van der Waals surface area contributed by atoms with Gasteiger partial charge in [-0.15, -0.1) is 0 Å². The van der Waals surface area contributed by atoms with E-state index in [2.05, 4.69) is 5.32 Å². The molecule has 4 nitrogen and oxygen atoms in total. The predicted molar refractivity (Wildman–Crippen MR) is 74.5 cm³/mol. The fourth-order valence-corrected chi connectivity index (χ4v) is 2.24. The number of rotatable bonds is 6. The second-order valence-corrected chi connectivity index (χ2v) is 5.43. The summed E-state index contributed by atoms with van der Waals surface area (Å²) >= 11 is 0. The maximum Gasteiger partial charge on any atom is 0.237 e. The summed E-state index contributed by atoms with van der Waals surface area (Å²) in [5, 5.41) is 12.6. The lowest BCUT2D eigenvalue weighted by Crippen LogP contribution is -2.51. The van der Waals surface area contributed by atoms with Gasteiger partial charge in [-0.05, 0) is 37.7 Å². The van der Waals surface area contributed by atoms with E-state index in [1.54, 1.807) is 0 Å². The van der Waals surface area contributed by atoms with E-state index in [4.69, 9.17) is 5.73 Å². The molecule has 0 heterocycles. The van der Waals surface area contributed by atoms with Crippen LogP contribution in [0.4, 0.5) is 0 Å². The van der Waals surface area contributed by atoms with E-state index >= 15 is 0 Å². The first-order chi connectivity index (χ1) is 9.09. The first-order valence-corrected chi connectivity index (χ1v) is 6.89. The van der Waals surface area contributed by atoms with Crippen molar-refractivity contribution in [3.8, 4) is 0 Å². The fraction of sp³-hybridized carbons (Fsp3) is 0.533. The van der Waals surface area contributed by atoms with Crippen LogP contribution in [0.2, 0.25) is 0 Å². The Morgan fingerprint density at radius 1 is 1.37 bits per heavy atom. The minimum absolute atomic E-state index is 0.170. The highest BCUT2D eigenvalue weighted by atomic mass is 16.3. The third-order valence-corrected chi connectivity index (χ3v) is 3.80. The number of nitrogens with one attached hydrogen (secondary N) is 1. The molecule has 0 aromatic heterocycles. The zero-order chi connectivity index (χ0) is 13.7. The van der Waals surface area contributed by atoms with Gasteiger partial charge in [-0.1, -0.05) is 30.3 Å². The standard InChI is InChI=1S/C15H22N2O2/c16-13(8-7-12-5-2-1-3-6-12)14(18)17-11-15(19)9-4-10-15/h1-3,5-6,13,19H,4,7-11,16H2,(H,17,18). The van der Waals surface area contributed by atoms with Crippen LogP contribution >= 0.6 is 0 Å². The van der Waals surface area contributed by atoms with E-state index < -0.39 is 11.6 Å². The monoisotopic (exact) mass is 262 g/mol. The Hall–Kier alpha value is -1.39. The van der Waals surface area contributed by atoms with Crippen molar-refractivity contribution < 1.29 is 9.90 Å². The zero-order valence-electron chi connectivity index (χ0n) is 11.1. The second-order valence-electron chi connectivity index (χ2n) is 5.43. The minimum Gasteiger partial charge on any atom is -0.388 e. The van der Waals surface area contributed by atoms with Gasteiger partial charge in [0.15, 0.2) is 0 Å². The molecular weight excluding hydrogens is 240 g/mol. The number of hydrogen-bond donors (Lipinski definition) is 3. The van der Waals surface area contributed by atoms with Crippen molar-refractivity contribution in [1.82, 2.24) is 5.32 Å². The lowest BCUT2D eigenvalue weighted by Gasteiger charge is -2.36. The normalized spacial score (nSPS) is 18.4. The molecule has 1 atom stereocenters. The maximum atomic E-state index is 11.8. The first-order valence-electron chi connectivity index (χ1n) is 6.89. The van der Waals surface area contributed by atoms with E-state index in [1.165, 1.54) is 5.56 Å². The highest BCUT2D eigenvalue weighted by Gasteiger charge is 2.34. The quantitative estimate of drug-likeness (QED) is 0.715. The van der Waals surface area contributed by atoms with Crippen molar-refractivity contribution in [2.75, 3.05) is 6.54 Å². The topological polar surface area (TPSA) is 75.4 Å². The van der Waals surface area contributed by atoms with E-state index in [-0.39, 0.29) is 5.91 Å². The second kappa shape index (κ2) is 6.17. The molecule has 104 valence electrons. The molecule has 1 aliphatic rings. The summed E-state index contributed by atoms with van der Waals surface area (Å²) in [7, 11) is 0. The van der Waals surface area contributed by atoms with Gasteiger partial charge < -0.3 is 16.2 Å². The van der Waals surface area contributed by atoms with Crippen LogP contribution in [0.15, 0.2) is 30.3 Å². The molecule has 1 saturated carbocycles. The number of amides is 1. The number of carbonyl (C=O) groups excluding carboxylic acids is 1. The molecule has 1 aromatic rings. The molecule has 1 aromatic carbocycles. The average molecular weight is 262 g/mol.